The molecule has 0 bridgehead atoms. The Morgan fingerprint density at radius 1 is 1.35 bits per heavy atom. The van der Waals surface area contributed by atoms with Crippen LogP contribution in [0.1, 0.15) is 55.9 Å². The number of amides is 1. The number of nitrogens with one attached hydrogen (secondary N) is 1. The van der Waals surface area contributed by atoms with Crippen molar-refractivity contribution in [2.24, 2.45) is 11.8 Å². The number of thiophene rings is 1. The zero-order chi connectivity index (χ0) is 13.8. The van der Waals surface area contributed by atoms with E-state index < -0.39 is 0 Å². The van der Waals surface area contributed by atoms with E-state index in [9.17, 15) is 4.79 Å². The van der Waals surface area contributed by atoms with Gasteiger partial charge in [-0.15, -0.1) is 11.3 Å². The smallest absolute Gasteiger partial charge is 0.221 e. The molecule has 1 N–H and O–H groups in total. The lowest BCUT2D eigenvalue weighted by molar-refractivity contribution is -0.122. The number of carbonyl (C=O) groups is 1. The van der Waals surface area contributed by atoms with E-state index in [1.54, 1.807) is 11.3 Å². The molecule has 108 valence electrons. The van der Waals surface area contributed by atoms with Gasteiger partial charge in [-0.2, -0.15) is 0 Å². The summed E-state index contributed by atoms with van der Waals surface area (Å²) in [6, 6.07) is 4.51. The average Bonchev–Trinajstić information content (AvgIpc) is 3.18. The van der Waals surface area contributed by atoms with E-state index in [1.807, 2.05) is 0 Å². The second-order valence-corrected chi connectivity index (χ2v) is 7.05. The normalized spacial score (nSPS) is 24.1. The highest BCUT2D eigenvalue weighted by Crippen LogP contribution is 2.37. The van der Waals surface area contributed by atoms with Crippen LogP contribution in [-0.4, -0.2) is 5.91 Å². The molecule has 1 heterocycles. The zero-order valence-corrected chi connectivity index (χ0v) is 12.7. The van der Waals surface area contributed by atoms with E-state index in [-0.39, 0.29) is 11.9 Å². The maximum absolute atomic E-state index is 12.3. The number of carbonyl (C=O) groups excluding carboxylic acids is 1. The maximum atomic E-state index is 12.3. The molecule has 0 saturated heterocycles. The van der Waals surface area contributed by atoms with E-state index in [0.29, 0.717) is 18.3 Å². The summed E-state index contributed by atoms with van der Waals surface area (Å²) in [5.74, 6) is 1.33. The number of allylic oxidation sites excluding steroid dienone is 2. The molecule has 0 aliphatic heterocycles. The van der Waals surface area contributed by atoms with Gasteiger partial charge in [0.1, 0.15) is 0 Å². The lowest BCUT2D eigenvalue weighted by Gasteiger charge is -2.24. The Hall–Kier alpha value is -1.09. The van der Waals surface area contributed by atoms with Gasteiger partial charge in [0, 0.05) is 11.3 Å². The molecule has 3 heteroatoms. The van der Waals surface area contributed by atoms with Gasteiger partial charge in [-0.05, 0) is 49.0 Å². The number of rotatable bonds is 5. The first-order valence-corrected chi connectivity index (χ1v) is 8.70. The summed E-state index contributed by atoms with van der Waals surface area (Å²) in [5, 5.41) is 5.44. The minimum atomic E-state index is 0.229. The van der Waals surface area contributed by atoms with Gasteiger partial charge in [0.2, 0.25) is 5.91 Å². The first-order valence-electron chi connectivity index (χ1n) is 7.82. The molecule has 1 aromatic rings. The Bertz CT molecular complexity index is 459. The molecular weight excluding hydrogens is 266 g/mol. The molecule has 2 aliphatic carbocycles. The Balaban J connectivity index is 1.63. The van der Waals surface area contributed by atoms with Gasteiger partial charge in [-0.1, -0.05) is 31.1 Å². The Kier molecular flexibility index (Phi) is 4.56. The fraction of sp³-hybridized carbons (Fsp3) is 0.588. The molecular formula is C17H23NOS. The monoisotopic (exact) mass is 289 g/mol. The molecule has 1 fully saturated rings. The van der Waals surface area contributed by atoms with E-state index >= 15 is 0 Å². The van der Waals surface area contributed by atoms with Crippen LogP contribution in [0.25, 0.3) is 0 Å². The summed E-state index contributed by atoms with van der Waals surface area (Å²) in [5.41, 5.74) is 0. The lowest BCUT2D eigenvalue weighted by Crippen LogP contribution is -2.33. The van der Waals surface area contributed by atoms with Crippen molar-refractivity contribution in [2.75, 3.05) is 0 Å². The van der Waals surface area contributed by atoms with Crippen LogP contribution in [0, 0.1) is 11.8 Å². The first-order chi connectivity index (χ1) is 9.83. The van der Waals surface area contributed by atoms with E-state index in [0.717, 1.165) is 12.8 Å². The third-order valence-corrected chi connectivity index (χ3v) is 5.55. The SMILES string of the molecule is O=C(C[C@@H]1C=CCC1)N[C@@H](c1cccs1)C1CCCC1. The van der Waals surface area contributed by atoms with Gasteiger partial charge >= 0.3 is 0 Å². The van der Waals surface area contributed by atoms with Crippen LogP contribution in [-0.2, 0) is 4.79 Å². The highest BCUT2D eigenvalue weighted by atomic mass is 32.1. The summed E-state index contributed by atoms with van der Waals surface area (Å²) >= 11 is 1.77. The fourth-order valence-corrected chi connectivity index (χ4v) is 4.39. The minimum Gasteiger partial charge on any atom is -0.348 e. The van der Waals surface area contributed by atoms with Crippen molar-refractivity contribution in [2.45, 2.75) is 51.0 Å². The second-order valence-electron chi connectivity index (χ2n) is 6.07. The number of hydrogen-bond acceptors (Lipinski definition) is 2. The molecule has 2 atom stereocenters. The van der Waals surface area contributed by atoms with E-state index in [4.69, 9.17) is 0 Å². The third-order valence-electron chi connectivity index (χ3n) is 4.60. The van der Waals surface area contributed by atoms with Crippen LogP contribution < -0.4 is 5.32 Å². The van der Waals surface area contributed by atoms with Crippen LogP contribution in [0.5, 0.6) is 0 Å². The summed E-state index contributed by atoms with van der Waals surface area (Å²) < 4.78 is 0. The average molecular weight is 289 g/mol. The van der Waals surface area contributed by atoms with Crippen molar-refractivity contribution in [1.82, 2.24) is 5.32 Å². The molecule has 2 aliphatic rings. The highest BCUT2D eigenvalue weighted by Gasteiger charge is 2.28. The van der Waals surface area contributed by atoms with Gasteiger partial charge in [0.15, 0.2) is 0 Å². The summed E-state index contributed by atoms with van der Waals surface area (Å²) in [6.45, 7) is 0. The van der Waals surface area contributed by atoms with Crippen molar-refractivity contribution in [3.8, 4) is 0 Å². The topological polar surface area (TPSA) is 29.1 Å². The quantitative estimate of drug-likeness (QED) is 0.797. The van der Waals surface area contributed by atoms with Crippen molar-refractivity contribution in [1.29, 1.82) is 0 Å². The molecule has 0 spiro atoms. The maximum Gasteiger partial charge on any atom is 0.221 e. The predicted octanol–water partition coefficient (Wildman–Crippen LogP) is 4.45. The molecule has 1 aromatic heterocycles. The standard InChI is InChI=1S/C17H23NOS/c19-16(12-13-6-1-2-7-13)18-17(14-8-3-4-9-14)15-10-5-11-20-15/h1,5-6,10-11,13-14,17H,2-4,7-9,12H2,(H,18,19)/t13-,17-/m1/s1. The van der Waals surface area contributed by atoms with Crippen molar-refractivity contribution in [3.63, 3.8) is 0 Å². The van der Waals surface area contributed by atoms with E-state index in [1.165, 1.54) is 30.6 Å². The van der Waals surface area contributed by atoms with Crippen LogP contribution in [0.15, 0.2) is 29.7 Å². The Labute approximate surface area is 125 Å². The van der Waals surface area contributed by atoms with Gasteiger partial charge in [-0.25, -0.2) is 0 Å². The van der Waals surface area contributed by atoms with Crippen LogP contribution in [0.4, 0.5) is 0 Å². The molecule has 0 radical (unpaired) electrons. The van der Waals surface area contributed by atoms with Gasteiger partial charge < -0.3 is 5.32 Å². The molecule has 0 aromatic carbocycles. The predicted molar refractivity (Wildman–Crippen MR) is 83.6 cm³/mol. The zero-order valence-electron chi connectivity index (χ0n) is 11.9. The van der Waals surface area contributed by atoms with E-state index in [2.05, 4.69) is 35.0 Å². The molecule has 3 rings (SSSR count). The number of hydrogen-bond donors (Lipinski definition) is 1. The second kappa shape index (κ2) is 6.57. The third kappa shape index (κ3) is 3.32. The highest BCUT2D eigenvalue weighted by molar-refractivity contribution is 7.10. The molecule has 0 unspecified atom stereocenters. The fourth-order valence-electron chi connectivity index (χ4n) is 3.52. The molecule has 20 heavy (non-hydrogen) atoms. The van der Waals surface area contributed by atoms with Gasteiger partial charge in [-0.3, -0.25) is 4.79 Å². The summed E-state index contributed by atoms with van der Waals surface area (Å²) in [4.78, 5) is 13.6. The van der Waals surface area contributed by atoms with Crippen molar-refractivity contribution in [3.05, 3.63) is 34.5 Å². The molecule has 1 amide bonds. The van der Waals surface area contributed by atoms with Crippen molar-refractivity contribution < 1.29 is 4.79 Å². The van der Waals surface area contributed by atoms with Crippen LogP contribution in [0.3, 0.4) is 0 Å². The lowest BCUT2D eigenvalue weighted by atomic mass is 9.96. The van der Waals surface area contributed by atoms with Gasteiger partial charge in [0.25, 0.3) is 0 Å². The van der Waals surface area contributed by atoms with Gasteiger partial charge in [0.05, 0.1) is 6.04 Å². The Morgan fingerprint density at radius 2 is 2.20 bits per heavy atom. The Morgan fingerprint density at radius 3 is 2.85 bits per heavy atom. The van der Waals surface area contributed by atoms with Crippen LogP contribution in [0.2, 0.25) is 0 Å². The largest absolute Gasteiger partial charge is 0.348 e. The van der Waals surface area contributed by atoms with Crippen molar-refractivity contribution >= 4 is 17.2 Å². The summed E-state index contributed by atoms with van der Waals surface area (Å²) in [6.07, 6.45) is 12.5. The first kappa shape index (κ1) is 13.9. The van der Waals surface area contributed by atoms with Crippen LogP contribution >= 0.6 is 11.3 Å². The molecule has 2 nitrogen and oxygen atoms in total. The minimum absolute atomic E-state index is 0.229. The molecule has 1 saturated carbocycles. The summed E-state index contributed by atoms with van der Waals surface area (Å²) in [7, 11) is 0.